The average Bonchev–Trinajstić information content (AvgIpc) is 2.66. The third-order valence-electron chi connectivity index (χ3n) is 4.48. The number of rotatable bonds is 6. The molecular weight excluding hydrogens is 330 g/mol. The van der Waals surface area contributed by atoms with E-state index in [0.29, 0.717) is 30.3 Å². The summed E-state index contributed by atoms with van der Waals surface area (Å²) in [6, 6.07) is 13.0. The van der Waals surface area contributed by atoms with E-state index in [1.807, 2.05) is 38.1 Å². The van der Waals surface area contributed by atoms with Gasteiger partial charge in [-0.15, -0.1) is 0 Å². The van der Waals surface area contributed by atoms with E-state index in [-0.39, 0.29) is 30.6 Å². The lowest BCUT2D eigenvalue weighted by Crippen LogP contribution is -2.27. The van der Waals surface area contributed by atoms with Crippen LogP contribution < -0.4 is 14.8 Å². The molecule has 5 heteroatoms. The third kappa shape index (κ3) is 4.23. The van der Waals surface area contributed by atoms with Crippen molar-refractivity contribution in [3.8, 4) is 11.5 Å². The highest BCUT2D eigenvalue weighted by molar-refractivity contribution is 5.98. The highest BCUT2D eigenvalue weighted by Crippen LogP contribution is 2.31. The maximum Gasteiger partial charge on any atom is 0.220 e. The van der Waals surface area contributed by atoms with Gasteiger partial charge in [0, 0.05) is 18.4 Å². The van der Waals surface area contributed by atoms with Gasteiger partial charge in [-0.25, -0.2) is 0 Å². The summed E-state index contributed by atoms with van der Waals surface area (Å²) in [5.74, 6) is 1.02. The van der Waals surface area contributed by atoms with Gasteiger partial charge in [0.25, 0.3) is 0 Å². The minimum absolute atomic E-state index is 0.0827. The smallest absolute Gasteiger partial charge is 0.220 e. The van der Waals surface area contributed by atoms with Gasteiger partial charge in [0.05, 0.1) is 6.04 Å². The minimum Gasteiger partial charge on any atom is -0.486 e. The Labute approximate surface area is 153 Å². The molecule has 3 rings (SSSR count). The van der Waals surface area contributed by atoms with Gasteiger partial charge in [0.2, 0.25) is 5.91 Å². The predicted octanol–water partition coefficient (Wildman–Crippen LogP) is 3.61. The Kier molecular flexibility index (Phi) is 5.56. The molecule has 0 saturated carbocycles. The lowest BCUT2D eigenvalue weighted by atomic mass is 10.0. The van der Waals surface area contributed by atoms with Gasteiger partial charge in [-0.1, -0.05) is 24.3 Å². The first-order chi connectivity index (χ1) is 12.5. The van der Waals surface area contributed by atoms with E-state index in [4.69, 9.17) is 9.47 Å². The summed E-state index contributed by atoms with van der Waals surface area (Å²) in [6.45, 7) is 4.95. The van der Waals surface area contributed by atoms with Gasteiger partial charge in [0.1, 0.15) is 13.2 Å². The second kappa shape index (κ2) is 8.04. The van der Waals surface area contributed by atoms with Crippen molar-refractivity contribution in [2.75, 3.05) is 13.2 Å². The molecule has 0 saturated heterocycles. The van der Waals surface area contributed by atoms with Gasteiger partial charge in [0.15, 0.2) is 17.3 Å². The predicted molar refractivity (Wildman–Crippen MR) is 98.7 cm³/mol. The van der Waals surface area contributed by atoms with Crippen molar-refractivity contribution in [3.63, 3.8) is 0 Å². The molecule has 0 spiro atoms. The zero-order valence-electron chi connectivity index (χ0n) is 15.1. The number of aryl methyl sites for hydroxylation is 1. The van der Waals surface area contributed by atoms with Crippen molar-refractivity contribution in [1.82, 2.24) is 5.32 Å². The third-order valence-corrected chi connectivity index (χ3v) is 4.48. The van der Waals surface area contributed by atoms with Gasteiger partial charge in [-0.3, -0.25) is 9.59 Å². The molecule has 1 aliphatic heterocycles. The topological polar surface area (TPSA) is 64.6 Å². The number of ketones is 1. The molecule has 5 nitrogen and oxygen atoms in total. The van der Waals surface area contributed by atoms with Crippen LogP contribution in [0, 0.1) is 6.92 Å². The lowest BCUT2D eigenvalue weighted by molar-refractivity contribution is -0.121. The van der Waals surface area contributed by atoms with E-state index < -0.39 is 0 Å². The maximum absolute atomic E-state index is 12.4. The number of carbonyl (C=O) groups excluding carboxylic acids is 2. The fourth-order valence-corrected chi connectivity index (χ4v) is 3.05. The second-order valence-corrected chi connectivity index (χ2v) is 6.43. The van der Waals surface area contributed by atoms with E-state index in [0.717, 1.165) is 11.1 Å². The molecule has 1 amide bonds. The minimum atomic E-state index is -0.133. The number of nitrogens with one attached hydrogen (secondary N) is 1. The Hall–Kier alpha value is -2.82. The molecular formula is C21H23NO4. The number of amides is 1. The van der Waals surface area contributed by atoms with Crippen molar-refractivity contribution in [2.45, 2.75) is 32.7 Å². The van der Waals surface area contributed by atoms with Crippen molar-refractivity contribution in [2.24, 2.45) is 0 Å². The molecule has 0 aliphatic carbocycles. The Morgan fingerprint density at radius 2 is 1.77 bits per heavy atom. The molecule has 136 valence electrons. The van der Waals surface area contributed by atoms with Crippen LogP contribution in [0.2, 0.25) is 0 Å². The number of ether oxygens (including phenoxy) is 2. The number of benzene rings is 2. The average molecular weight is 353 g/mol. The molecule has 26 heavy (non-hydrogen) atoms. The van der Waals surface area contributed by atoms with Gasteiger partial charge in [-0.2, -0.15) is 0 Å². The van der Waals surface area contributed by atoms with Crippen molar-refractivity contribution in [1.29, 1.82) is 0 Å². The van der Waals surface area contributed by atoms with Crippen LogP contribution >= 0.6 is 0 Å². The fourth-order valence-electron chi connectivity index (χ4n) is 3.05. The standard InChI is InChI=1S/C21H23NO4/c1-14-5-3-4-6-17(14)15(2)22-21(24)10-8-18(23)16-7-9-19-20(13-16)26-12-11-25-19/h3-7,9,13,15H,8,10-12H2,1-2H3,(H,22,24)/t15-/m0/s1. The van der Waals surface area contributed by atoms with E-state index >= 15 is 0 Å². The molecule has 1 aliphatic rings. The van der Waals surface area contributed by atoms with E-state index in [9.17, 15) is 9.59 Å². The summed E-state index contributed by atoms with van der Waals surface area (Å²) in [6.07, 6.45) is 0.315. The van der Waals surface area contributed by atoms with Crippen LogP contribution in [0.15, 0.2) is 42.5 Å². The van der Waals surface area contributed by atoms with Crippen LogP contribution in [0.1, 0.15) is 47.3 Å². The molecule has 0 aromatic heterocycles. The Morgan fingerprint density at radius 3 is 2.54 bits per heavy atom. The first-order valence-electron chi connectivity index (χ1n) is 8.82. The molecule has 0 bridgehead atoms. The SMILES string of the molecule is Cc1ccccc1[C@H](C)NC(=O)CCC(=O)c1ccc2c(c1)OCCO2. The van der Waals surface area contributed by atoms with Crippen LogP contribution in [0.3, 0.4) is 0 Å². The number of carbonyl (C=O) groups is 2. The fraction of sp³-hybridized carbons (Fsp3) is 0.333. The Morgan fingerprint density at radius 1 is 1.04 bits per heavy atom. The quantitative estimate of drug-likeness (QED) is 0.806. The molecule has 0 unspecified atom stereocenters. The summed E-state index contributed by atoms with van der Waals surface area (Å²) in [5.41, 5.74) is 2.75. The van der Waals surface area contributed by atoms with Gasteiger partial charge < -0.3 is 14.8 Å². The van der Waals surface area contributed by atoms with E-state index in [1.54, 1.807) is 18.2 Å². The van der Waals surface area contributed by atoms with Crippen LogP contribution in [-0.4, -0.2) is 24.9 Å². The summed E-state index contributed by atoms with van der Waals surface area (Å²) in [7, 11) is 0. The number of Topliss-reactive ketones (excluding diaryl/α,β-unsaturated/α-hetero) is 1. The first-order valence-corrected chi connectivity index (χ1v) is 8.82. The van der Waals surface area contributed by atoms with Crippen LogP contribution in [0.4, 0.5) is 0 Å². The normalized spacial score (nSPS) is 13.8. The molecule has 2 aromatic carbocycles. The summed E-state index contributed by atoms with van der Waals surface area (Å²) >= 11 is 0. The second-order valence-electron chi connectivity index (χ2n) is 6.43. The van der Waals surface area contributed by atoms with Crippen molar-refractivity contribution < 1.29 is 19.1 Å². The van der Waals surface area contributed by atoms with Crippen molar-refractivity contribution >= 4 is 11.7 Å². The molecule has 1 atom stereocenters. The van der Waals surface area contributed by atoms with Crippen LogP contribution in [0.25, 0.3) is 0 Å². The monoisotopic (exact) mass is 353 g/mol. The Balaban J connectivity index is 1.54. The first kappa shape index (κ1) is 18.0. The number of fused-ring (bicyclic) bond motifs is 1. The highest BCUT2D eigenvalue weighted by atomic mass is 16.6. The Bertz CT molecular complexity index is 815. The number of hydrogen-bond acceptors (Lipinski definition) is 4. The largest absolute Gasteiger partial charge is 0.486 e. The zero-order valence-corrected chi connectivity index (χ0v) is 15.1. The van der Waals surface area contributed by atoms with Crippen molar-refractivity contribution in [3.05, 3.63) is 59.2 Å². The molecule has 2 aromatic rings. The highest BCUT2D eigenvalue weighted by Gasteiger charge is 2.17. The zero-order chi connectivity index (χ0) is 18.5. The van der Waals surface area contributed by atoms with Crippen LogP contribution in [0.5, 0.6) is 11.5 Å². The lowest BCUT2D eigenvalue weighted by Gasteiger charge is -2.18. The molecule has 1 N–H and O–H groups in total. The van der Waals surface area contributed by atoms with E-state index in [1.165, 1.54) is 0 Å². The van der Waals surface area contributed by atoms with Gasteiger partial charge in [-0.05, 0) is 43.2 Å². The number of hydrogen-bond donors (Lipinski definition) is 1. The van der Waals surface area contributed by atoms with E-state index in [2.05, 4.69) is 5.32 Å². The summed E-state index contributed by atoms with van der Waals surface area (Å²) < 4.78 is 10.9. The van der Waals surface area contributed by atoms with Crippen LogP contribution in [-0.2, 0) is 4.79 Å². The molecule has 0 fully saturated rings. The molecule has 1 heterocycles. The summed E-state index contributed by atoms with van der Waals surface area (Å²) in [4.78, 5) is 24.6. The van der Waals surface area contributed by atoms with Gasteiger partial charge >= 0.3 is 0 Å². The maximum atomic E-state index is 12.4. The molecule has 0 radical (unpaired) electrons. The summed E-state index contributed by atoms with van der Waals surface area (Å²) in [5, 5.41) is 2.96.